The molecule has 0 saturated carbocycles. The Hall–Kier alpha value is -2.35. The van der Waals surface area contributed by atoms with Crippen molar-refractivity contribution in [3.63, 3.8) is 0 Å². The van der Waals surface area contributed by atoms with Gasteiger partial charge in [0.25, 0.3) is 0 Å². The lowest BCUT2D eigenvalue weighted by Crippen LogP contribution is -2.32. The first-order valence-corrected chi connectivity index (χ1v) is 10.5. The third-order valence-electron chi connectivity index (χ3n) is 4.79. The van der Waals surface area contributed by atoms with Crippen molar-refractivity contribution in [2.24, 2.45) is 0 Å². The number of carbonyl (C=O) groups excluding carboxylic acids is 1. The van der Waals surface area contributed by atoms with Crippen LogP contribution in [-0.2, 0) is 4.79 Å². The lowest BCUT2D eigenvalue weighted by Gasteiger charge is -2.15. The van der Waals surface area contributed by atoms with Crippen molar-refractivity contribution in [1.29, 1.82) is 0 Å². The number of carbonyl (C=O) groups is 1. The summed E-state index contributed by atoms with van der Waals surface area (Å²) in [7, 11) is 1.61. The summed E-state index contributed by atoms with van der Waals surface area (Å²) < 4.78 is 7.05. The number of hydrogen-bond acceptors (Lipinski definition) is 6. The van der Waals surface area contributed by atoms with Crippen molar-refractivity contribution in [3.8, 4) is 11.4 Å². The molecule has 1 aliphatic carbocycles. The van der Waals surface area contributed by atoms with Crippen molar-refractivity contribution in [3.05, 3.63) is 35.4 Å². The molecule has 1 aromatic heterocycles. The summed E-state index contributed by atoms with van der Waals surface area (Å²) >= 11 is 1.34. The van der Waals surface area contributed by atoms with Gasteiger partial charge in [0.2, 0.25) is 11.1 Å². The van der Waals surface area contributed by atoms with Gasteiger partial charge in [-0.25, -0.2) is 0 Å². The summed E-state index contributed by atoms with van der Waals surface area (Å²) in [6.45, 7) is 4.54. The molecule has 1 atom stereocenters. The van der Waals surface area contributed by atoms with Gasteiger partial charge in [0.05, 0.1) is 12.4 Å². The average Bonchev–Trinajstić information content (AvgIpc) is 3.16. The number of amides is 1. The lowest BCUT2D eigenvalue weighted by atomic mass is 9.97. The molecule has 8 heteroatoms. The van der Waals surface area contributed by atoms with Gasteiger partial charge in [-0.15, -0.1) is 5.10 Å². The number of nitrogens with zero attached hydrogens (tertiary/aromatic N) is 4. The van der Waals surface area contributed by atoms with Gasteiger partial charge >= 0.3 is 0 Å². The van der Waals surface area contributed by atoms with Gasteiger partial charge in [0.1, 0.15) is 11.4 Å². The molecular weight excluding hydrogens is 374 g/mol. The smallest absolute Gasteiger partial charge is 0.233 e. The van der Waals surface area contributed by atoms with E-state index in [4.69, 9.17) is 4.74 Å². The van der Waals surface area contributed by atoms with Gasteiger partial charge in [0, 0.05) is 6.54 Å². The second-order valence-electron chi connectivity index (χ2n) is 6.96. The van der Waals surface area contributed by atoms with Crippen LogP contribution in [-0.4, -0.2) is 45.0 Å². The highest BCUT2D eigenvalue weighted by atomic mass is 32.2. The topological polar surface area (TPSA) is 81.9 Å². The van der Waals surface area contributed by atoms with E-state index in [0.717, 1.165) is 24.1 Å². The number of nitrogens with one attached hydrogen (secondary N) is 1. The molecule has 0 fully saturated rings. The molecule has 3 rings (SSSR count). The van der Waals surface area contributed by atoms with Crippen LogP contribution < -0.4 is 10.1 Å². The van der Waals surface area contributed by atoms with E-state index in [-0.39, 0.29) is 11.2 Å². The highest BCUT2D eigenvalue weighted by molar-refractivity contribution is 8.00. The predicted octanol–water partition coefficient (Wildman–Crippen LogP) is 3.47. The summed E-state index contributed by atoms with van der Waals surface area (Å²) in [4.78, 5) is 12.5. The Labute approximate surface area is 169 Å². The molecule has 1 aliphatic rings. The Kier molecular flexibility index (Phi) is 7.08. The summed E-state index contributed by atoms with van der Waals surface area (Å²) in [6, 6.07) is 5.82. The van der Waals surface area contributed by atoms with Crippen molar-refractivity contribution in [2.45, 2.75) is 56.4 Å². The number of methoxy groups -OCH3 is 1. The van der Waals surface area contributed by atoms with Crippen molar-refractivity contribution in [2.75, 3.05) is 13.7 Å². The van der Waals surface area contributed by atoms with Crippen LogP contribution in [0.15, 0.2) is 35.0 Å². The average molecular weight is 402 g/mol. The van der Waals surface area contributed by atoms with Crippen LogP contribution in [0.2, 0.25) is 0 Å². The van der Waals surface area contributed by atoms with Crippen LogP contribution in [0.4, 0.5) is 0 Å². The second kappa shape index (κ2) is 9.73. The molecule has 0 radical (unpaired) electrons. The minimum atomic E-state index is -0.305. The normalized spacial score (nSPS) is 15.0. The predicted molar refractivity (Wildman–Crippen MR) is 110 cm³/mol. The molecule has 0 aliphatic heterocycles. The highest BCUT2D eigenvalue weighted by Gasteiger charge is 2.20. The van der Waals surface area contributed by atoms with E-state index in [1.165, 1.54) is 36.6 Å². The molecule has 150 valence electrons. The molecule has 0 saturated heterocycles. The maximum atomic E-state index is 12.5. The zero-order chi connectivity index (χ0) is 19.9. The minimum Gasteiger partial charge on any atom is -0.494 e. The van der Waals surface area contributed by atoms with Crippen LogP contribution >= 0.6 is 11.8 Å². The van der Waals surface area contributed by atoms with Gasteiger partial charge in [-0.1, -0.05) is 29.5 Å². The quantitative estimate of drug-likeness (QED) is 0.539. The summed E-state index contributed by atoms with van der Waals surface area (Å²) in [5.41, 5.74) is 3.29. The zero-order valence-electron chi connectivity index (χ0n) is 16.6. The molecule has 28 heavy (non-hydrogen) atoms. The van der Waals surface area contributed by atoms with Crippen LogP contribution in [0.25, 0.3) is 5.69 Å². The second-order valence-corrected chi connectivity index (χ2v) is 8.27. The van der Waals surface area contributed by atoms with E-state index in [2.05, 4.69) is 26.9 Å². The van der Waals surface area contributed by atoms with Gasteiger partial charge in [-0.05, 0) is 74.1 Å². The van der Waals surface area contributed by atoms with Crippen molar-refractivity contribution < 1.29 is 9.53 Å². The zero-order valence-corrected chi connectivity index (χ0v) is 17.5. The maximum Gasteiger partial charge on any atom is 0.233 e. The Morgan fingerprint density at radius 1 is 1.39 bits per heavy atom. The van der Waals surface area contributed by atoms with E-state index in [1.54, 1.807) is 11.8 Å². The molecule has 1 N–H and O–H groups in total. The van der Waals surface area contributed by atoms with Crippen LogP contribution in [0.5, 0.6) is 5.75 Å². The Morgan fingerprint density at radius 3 is 3.00 bits per heavy atom. The van der Waals surface area contributed by atoms with E-state index in [9.17, 15) is 4.79 Å². The Morgan fingerprint density at radius 2 is 2.25 bits per heavy atom. The maximum absolute atomic E-state index is 12.5. The molecule has 0 spiro atoms. The fraction of sp³-hybridized carbons (Fsp3) is 0.500. The SMILES string of the molecule is COc1ccc(C)cc1-n1nnnc1S[C@H](C)C(=O)NCCC1=CCCCC1. The third-order valence-corrected chi connectivity index (χ3v) is 5.82. The number of rotatable bonds is 8. The van der Waals surface area contributed by atoms with Gasteiger partial charge < -0.3 is 10.1 Å². The van der Waals surface area contributed by atoms with E-state index in [0.29, 0.717) is 17.5 Å². The summed E-state index contributed by atoms with van der Waals surface area (Å²) in [5.74, 6) is 0.671. The van der Waals surface area contributed by atoms with E-state index >= 15 is 0 Å². The molecule has 1 amide bonds. The van der Waals surface area contributed by atoms with Gasteiger partial charge in [-0.3, -0.25) is 4.79 Å². The Balaban J connectivity index is 1.61. The molecular formula is C20H27N5O2S. The lowest BCUT2D eigenvalue weighted by molar-refractivity contribution is -0.120. The van der Waals surface area contributed by atoms with Crippen LogP contribution in [0.3, 0.4) is 0 Å². The van der Waals surface area contributed by atoms with Crippen molar-refractivity contribution >= 4 is 17.7 Å². The number of aryl methyl sites for hydroxylation is 1. The van der Waals surface area contributed by atoms with E-state index in [1.807, 2.05) is 32.0 Å². The van der Waals surface area contributed by atoms with Gasteiger partial charge in [-0.2, -0.15) is 4.68 Å². The fourth-order valence-electron chi connectivity index (χ4n) is 3.20. The first kappa shape index (κ1) is 20.4. The molecule has 1 aromatic carbocycles. The van der Waals surface area contributed by atoms with Crippen LogP contribution in [0.1, 0.15) is 44.6 Å². The molecule has 0 bridgehead atoms. The Bertz CT molecular complexity index is 849. The molecule has 0 unspecified atom stereocenters. The number of ether oxygens (including phenoxy) is 1. The minimum absolute atomic E-state index is 0.00725. The molecule has 2 aromatic rings. The summed E-state index contributed by atoms with van der Waals surface area (Å²) in [5, 5.41) is 15.3. The standard InChI is InChI=1S/C20H27N5O2S/c1-14-9-10-18(27-3)17(13-14)25-20(22-23-24-25)28-15(2)19(26)21-12-11-16-7-5-4-6-8-16/h7,9-10,13,15H,4-6,8,11-12H2,1-3H3,(H,21,26)/t15-/m1/s1. The largest absolute Gasteiger partial charge is 0.494 e. The molecule has 1 heterocycles. The third kappa shape index (κ3) is 5.13. The number of tetrazole rings is 1. The first-order chi connectivity index (χ1) is 13.6. The molecule has 7 nitrogen and oxygen atoms in total. The van der Waals surface area contributed by atoms with Crippen LogP contribution in [0, 0.1) is 6.92 Å². The van der Waals surface area contributed by atoms with Crippen molar-refractivity contribution in [1.82, 2.24) is 25.5 Å². The first-order valence-electron chi connectivity index (χ1n) is 9.64. The fourth-order valence-corrected chi connectivity index (χ4v) is 4.03. The van der Waals surface area contributed by atoms with Gasteiger partial charge in [0.15, 0.2) is 0 Å². The highest BCUT2D eigenvalue weighted by Crippen LogP contribution is 2.28. The number of hydrogen-bond donors (Lipinski definition) is 1. The number of allylic oxidation sites excluding steroid dienone is 1. The monoisotopic (exact) mass is 401 g/mol. The number of thioether (sulfide) groups is 1. The number of aromatic nitrogens is 4. The van der Waals surface area contributed by atoms with E-state index < -0.39 is 0 Å². The summed E-state index contributed by atoms with van der Waals surface area (Å²) in [6.07, 6.45) is 8.12. The number of benzene rings is 1.